The largest absolute Gasteiger partial charge is 0.366 e. The van der Waals surface area contributed by atoms with Crippen LogP contribution in [0.15, 0.2) is 24.3 Å². The summed E-state index contributed by atoms with van der Waals surface area (Å²) in [7, 11) is -10.2. The Hall–Kier alpha value is -1.21. The van der Waals surface area contributed by atoms with Gasteiger partial charge in [0.15, 0.2) is 0 Å². The maximum absolute atomic E-state index is 11.0. The lowest BCUT2D eigenvalue weighted by molar-refractivity contribution is 0.1000. The summed E-state index contributed by atoms with van der Waals surface area (Å²) in [6.45, 7) is 0. The Morgan fingerprint density at radius 2 is 1.68 bits per heavy atom. The maximum Gasteiger partial charge on any atom is 0.360 e. The van der Waals surface area contributed by atoms with Gasteiger partial charge in [0, 0.05) is 11.3 Å². The third-order valence-electron chi connectivity index (χ3n) is 2.08. The van der Waals surface area contributed by atoms with E-state index in [-0.39, 0.29) is 11.3 Å². The number of hydrogen-bond donors (Lipinski definition) is 6. The van der Waals surface area contributed by atoms with Gasteiger partial charge in [-0.25, -0.2) is 0 Å². The highest BCUT2D eigenvalue weighted by molar-refractivity contribution is 7.71. The molecule has 0 spiro atoms. The van der Waals surface area contributed by atoms with Crippen molar-refractivity contribution in [3.8, 4) is 0 Å². The van der Waals surface area contributed by atoms with Crippen molar-refractivity contribution in [3.05, 3.63) is 29.8 Å². The second-order valence-electron chi connectivity index (χ2n) is 3.64. The van der Waals surface area contributed by atoms with E-state index in [9.17, 15) is 13.9 Å². The monoisotopic (exact) mass is 310 g/mol. The summed E-state index contributed by atoms with van der Waals surface area (Å²) < 4.78 is 22.1. The van der Waals surface area contributed by atoms with Crippen molar-refractivity contribution in [2.24, 2.45) is 5.73 Å². The van der Waals surface area contributed by atoms with Gasteiger partial charge in [0.25, 0.3) is 0 Å². The topological polar surface area (TPSA) is 170 Å². The van der Waals surface area contributed by atoms with Gasteiger partial charge in [-0.1, -0.05) is 6.07 Å². The zero-order valence-electron chi connectivity index (χ0n) is 9.37. The van der Waals surface area contributed by atoms with Crippen molar-refractivity contribution in [1.82, 2.24) is 0 Å². The first-order chi connectivity index (χ1) is 8.51. The van der Waals surface area contributed by atoms with Gasteiger partial charge in [0.1, 0.15) is 0 Å². The first-order valence-corrected chi connectivity index (χ1v) is 8.15. The molecule has 1 aromatic rings. The van der Waals surface area contributed by atoms with Crippen LogP contribution < -0.4 is 11.1 Å². The standard InChI is InChI=1S/C8H12N2O7P2/c9-7(11)5-2-1-3-6(4-5)10-8(18(12,13)14)19(15,16)17/h1-4,8,10H,(H2,9,11)(H2,12,13,14)(H2,15,16,17). The van der Waals surface area contributed by atoms with Crippen molar-refractivity contribution in [2.75, 3.05) is 5.32 Å². The predicted octanol–water partition coefficient (Wildman–Crippen LogP) is -0.164. The van der Waals surface area contributed by atoms with Crippen molar-refractivity contribution in [3.63, 3.8) is 0 Å². The highest BCUT2D eigenvalue weighted by atomic mass is 31.2. The first-order valence-electron chi connectivity index (χ1n) is 4.78. The quantitative estimate of drug-likeness (QED) is 0.407. The summed E-state index contributed by atoms with van der Waals surface area (Å²) >= 11 is 0. The molecule has 11 heteroatoms. The molecule has 7 N–H and O–H groups in total. The molecule has 0 aliphatic carbocycles. The van der Waals surface area contributed by atoms with Gasteiger partial charge in [-0.05, 0) is 18.2 Å². The van der Waals surface area contributed by atoms with E-state index < -0.39 is 26.6 Å². The highest BCUT2D eigenvalue weighted by Crippen LogP contribution is 2.59. The lowest BCUT2D eigenvalue weighted by Gasteiger charge is -2.21. The van der Waals surface area contributed by atoms with Crippen LogP contribution >= 0.6 is 15.2 Å². The van der Waals surface area contributed by atoms with Gasteiger partial charge >= 0.3 is 15.2 Å². The van der Waals surface area contributed by atoms with E-state index in [2.05, 4.69) is 0 Å². The van der Waals surface area contributed by atoms with Crippen LogP contribution in [0.1, 0.15) is 10.4 Å². The van der Waals surface area contributed by atoms with E-state index in [0.29, 0.717) is 0 Å². The number of hydrogen-bond acceptors (Lipinski definition) is 4. The van der Waals surface area contributed by atoms with E-state index in [1.165, 1.54) is 18.2 Å². The lowest BCUT2D eigenvalue weighted by atomic mass is 10.2. The van der Waals surface area contributed by atoms with Crippen LogP contribution in [0.2, 0.25) is 0 Å². The van der Waals surface area contributed by atoms with Crippen molar-refractivity contribution in [1.29, 1.82) is 0 Å². The smallest absolute Gasteiger partial charge is 0.360 e. The summed E-state index contributed by atoms with van der Waals surface area (Å²) in [6, 6.07) is 5.10. The maximum atomic E-state index is 11.0. The molecular formula is C8H12N2O7P2. The summed E-state index contributed by atoms with van der Waals surface area (Å²) in [5.74, 6) is -0.785. The molecule has 9 nitrogen and oxygen atoms in total. The molecule has 0 aliphatic heterocycles. The van der Waals surface area contributed by atoms with Crippen molar-refractivity contribution in [2.45, 2.75) is 5.52 Å². The minimum absolute atomic E-state index is 0.0279. The van der Waals surface area contributed by atoms with E-state index in [1.807, 2.05) is 5.32 Å². The zero-order valence-corrected chi connectivity index (χ0v) is 11.2. The molecule has 0 saturated carbocycles. The number of rotatable bonds is 5. The number of anilines is 1. The van der Waals surface area contributed by atoms with Gasteiger partial charge < -0.3 is 30.6 Å². The normalized spacial score (nSPS) is 12.5. The summed E-state index contributed by atoms with van der Waals surface area (Å²) in [5, 5.41) is 2.02. The Kier molecular flexibility index (Phi) is 4.52. The Balaban J connectivity index is 3.11. The molecular weight excluding hydrogens is 298 g/mol. The molecule has 19 heavy (non-hydrogen) atoms. The SMILES string of the molecule is NC(=O)c1cccc(NC(P(=O)(O)O)P(=O)(O)O)c1. The van der Waals surface area contributed by atoms with Crippen LogP contribution in [0, 0.1) is 0 Å². The van der Waals surface area contributed by atoms with E-state index >= 15 is 0 Å². The number of primary amides is 1. The molecule has 0 aromatic heterocycles. The van der Waals surface area contributed by atoms with Crippen LogP contribution in [-0.4, -0.2) is 31.0 Å². The minimum atomic E-state index is -5.09. The van der Waals surface area contributed by atoms with E-state index in [1.54, 1.807) is 0 Å². The molecule has 0 aliphatic rings. The number of carbonyl (C=O) groups is 1. The molecule has 0 fully saturated rings. The summed E-state index contributed by atoms with van der Waals surface area (Å²) in [5.41, 5.74) is 2.60. The fourth-order valence-corrected chi connectivity index (χ4v) is 3.48. The first kappa shape index (κ1) is 15.8. The third kappa shape index (κ3) is 4.43. The van der Waals surface area contributed by atoms with Crippen LogP contribution in [0.5, 0.6) is 0 Å². The molecule has 0 atom stereocenters. The van der Waals surface area contributed by atoms with Gasteiger partial charge in [0.05, 0.1) is 0 Å². The third-order valence-corrected chi connectivity index (χ3v) is 5.42. The van der Waals surface area contributed by atoms with Crippen LogP contribution in [0.4, 0.5) is 5.69 Å². The Bertz CT molecular complexity index is 556. The Morgan fingerprint density at radius 3 is 2.11 bits per heavy atom. The summed E-state index contributed by atoms with van der Waals surface area (Å²) in [6.07, 6.45) is 0. The number of benzene rings is 1. The van der Waals surface area contributed by atoms with E-state index in [4.69, 9.17) is 25.3 Å². The van der Waals surface area contributed by atoms with Crippen molar-refractivity contribution >= 4 is 26.8 Å². The zero-order chi connectivity index (χ0) is 14.8. The molecule has 0 unspecified atom stereocenters. The average Bonchev–Trinajstić information content (AvgIpc) is 2.23. The molecule has 106 valence electrons. The molecule has 0 radical (unpaired) electrons. The number of carbonyl (C=O) groups excluding carboxylic acids is 1. The van der Waals surface area contributed by atoms with Crippen molar-refractivity contribution < 1.29 is 33.5 Å². The molecule has 0 heterocycles. The number of amides is 1. The minimum Gasteiger partial charge on any atom is -0.366 e. The highest BCUT2D eigenvalue weighted by Gasteiger charge is 2.43. The molecule has 1 rings (SSSR count). The fraction of sp³-hybridized carbons (Fsp3) is 0.125. The average molecular weight is 310 g/mol. The van der Waals surface area contributed by atoms with Gasteiger partial charge in [-0.15, -0.1) is 0 Å². The van der Waals surface area contributed by atoms with Crippen LogP contribution in [0.3, 0.4) is 0 Å². The Morgan fingerprint density at radius 1 is 1.16 bits per heavy atom. The molecule has 1 amide bonds. The fourth-order valence-electron chi connectivity index (χ4n) is 1.28. The second-order valence-corrected chi connectivity index (χ2v) is 7.44. The van der Waals surface area contributed by atoms with Gasteiger partial charge in [0.2, 0.25) is 11.4 Å². The second kappa shape index (κ2) is 5.42. The van der Waals surface area contributed by atoms with Crippen LogP contribution in [0.25, 0.3) is 0 Å². The predicted molar refractivity (Wildman–Crippen MR) is 66.5 cm³/mol. The number of nitrogens with one attached hydrogen (secondary N) is 1. The van der Waals surface area contributed by atoms with E-state index in [0.717, 1.165) is 6.07 Å². The molecule has 0 saturated heterocycles. The molecule has 1 aromatic carbocycles. The lowest BCUT2D eigenvalue weighted by Crippen LogP contribution is -2.20. The summed E-state index contributed by atoms with van der Waals surface area (Å²) in [4.78, 5) is 46.6. The Labute approximate surface area is 107 Å². The van der Waals surface area contributed by atoms with Gasteiger partial charge in [-0.2, -0.15) is 0 Å². The van der Waals surface area contributed by atoms with Crippen LogP contribution in [-0.2, 0) is 9.13 Å². The molecule has 0 bridgehead atoms. The van der Waals surface area contributed by atoms with Gasteiger partial charge in [-0.3, -0.25) is 13.9 Å². The number of nitrogens with two attached hydrogens (primary N) is 1.